The average molecular weight is 578 g/mol. The number of halogens is 1. The largest absolute Gasteiger partial charge is 0.507 e. The lowest BCUT2D eigenvalue weighted by Crippen LogP contribution is -2.29. The summed E-state index contributed by atoms with van der Waals surface area (Å²) in [7, 11) is 1.51. The third kappa shape index (κ3) is 5.43. The highest BCUT2D eigenvalue weighted by Crippen LogP contribution is 2.44. The minimum atomic E-state index is -0.987. The maximum atomic E-state index is 14.1. The Morgan fingerprint density at radius 3 is 2.55 bits per heavy atom. The van der Waals surface area contributed by atoms with Crippen LogP contribution in [0, 0.1) is 5.82 Å². The van der Waals surface area contributed by atoms with Gasteiger partial charge in [-0.1, -0.05) is 53.4 Å². The predicted octanol–water partition coefficient (Wildman–Crippen LogP) is 6.00. The number of Topliss-reactive ketones (excluding diaryl/α,β-unsaturated/α-hetero) is 1. The van der Waals surface area contributed by atoms with Gasteiger partial charge in [-0.3, -0.25) is 14.5 Å². The Morgan fingerprint density at radius 2 is 1.82 bits per heavy atom. The SMILES string of the molecule is CCOc1ccc(/C(O)=C2/C(=O)C(=O)N(c3nnc(SCc4ccccc4F)s3)C2c2cccc(OC)c2)cc1. The lowest BCUT2D eigenvalue weighted by molar-refractivity contribution is -0.132. The number of methoxy groups -OCH3 is 1. The molecule has 0 bridgehead atoms. The summed E-state index contributed by atoms with van der Waals surface area (Å²) < 4.78 is 25.4. The summed E-state index contributed by atoms with van der Waals surface area (Å²) in [6.07, 6.45) is 0. The summed E-state index contributed by atoms with van der Waals surface area (Å²) in [6.45, 7) is 2.34. The van der Waals surface area contributed by atoms with E-state index in [-0.39, 0.29) is 22.3 Å². The molecule has 11 heteroatoms. The highest BCUT2D eigenvalue weighted by atomic mass is 32.2. The van der Waals surface area contributed by atoms with Crippen molar-refractivity contribution >= 4 is 45.7 Å². The fraction of sp³-hybridized carbons (Fsp3) is 0.172. The molecular formula is C29H24FN3O5S2. The Morgan fingerprint density at radius 1 is 1.05 bits per heavy atom. The average Bonchev–Trinajstić information content (AvgIpc) is 3.54. The zero-order chi connectivity index (χ0) is 28.2. The van der Waals surface area contributed by atoms with Crippen molar-refractivity contribution in [2.45, 2.75) is 23.1 Å². The molecule has 40 heavy (non-hydrogen) atoms. The van der Waals surface area contributed by atoms with Crippen molar-refractivity contribution in [1.82, 2.24) is 10.2 Å². The van der Waals surface area contributed by atoms with Crippen LogP contribution < -0.4 is 14.4 Å². The van der Waals surface area contributed by atoms with Crippen molar-refractivity contribution in [2.75, 3.05) is 18.6 Å². The third-order valence-electron chi connectivity index (χ3n) is 6.20. The maximum Gasteiger partial charge on any atom is 0.301 e. The number of carbonyl (C=O) groups excluding carboxylic acids is 2. The normalized spacial score (nSPS) is 16.4. The van der Waals surface area contributed by atoms with Crippen molar-refractivity contribution in [2.24, 2.45) is 0 Å². The van der Waals surface area contributed by atoms with E-state index in [2.05, 4.69) is 10.2 Å². The summed E-state index contributed by atoms with van der Waals surface area (Å²) in [4.78, 5) is 28.1. The van der Waals surface area contributed by atoms with E-state index in [9.17, 15) is 19.1 Å². The smallest absolute Gasteiger partial charge is 0.301 e. The summed E-state index contributed by atoms with van der Waals surface area (Å²) in [5.41, 5.74) is 1.32. The van der Waals surface area contributed by atoms with Crippen molar-refractivity contribution < 1.29 is 28.6 Å². The number of rotatable bonds is 9. The van der Waals surface area contributed by atoms with Crippen LogP contribution >= 0.6 is 23.1 Å². The molecule has 0 radical (unpaired) electrons. The van der Waals surface area contributed by atoms with Gasteiger partial charge in [0.05, 0.1) is 25.3 Å². The number of aromatic nitrogens is 2. The van der Waals surface area contributed by atoms with Gasteiger partial charge in [0, 0.05) is 11.3 Å². The van der Waals surface area contributed by atoms with Crippen LogP contribution in [0.2, 0.25) is 0 Å². The minimum absolute atomic E-state index is 0.0850. The Balaban J connectivity index is 1.54. The first-order valence-electron chi connectivity index (χ1n) is 12.3. The van der Waals surface area contributed by atoms with Crippen LogP contribution in [0.25, 0.3) is 5.76 Å². The minimum Gasteiger partial charge on any atom is -0.507 e. The van der Waals surface area contributed by atoms with Crippen LogP contribution in [0.5, 0.6) is 11.5 Å². The number of thioether (sulfide) groups is 1. The molecule has 1 amide bonds. The molecule has 0 aliphatic carbocycles. The number of benzene rings is 3. The van der Waals surface area contributed by atoms with Gasteiger partial charge in [0.15, 0.2) is 4.34 Å². The Bertz CT molecular complexity index is 1590. The van der Waals surface area contributed by atoms with Gasteiger partial charge < -0.3 is 14.6 Å². The highest BCUT2D eigenvalue weighted by Gasteiger charge is 2.48. The van der Waals surface area contributed by atoms with Crippen molar-refractivity contribution in [1.29, 1.82) is 0 Å². The standard InChI is InChI=1S/C29H24FN3O5S2/c1-3-38-20-13-11-17(12-14-20)25(34)23-24(18-8-6-9-21(15-18)37-2)33(27(36)26(23)35)28-31-32-29(40-28)39-16-19-7-4-5-10-22(19)30/h4-15,24,34H,3,16H2,1-2H3/b25-23-. The fourth-order valence-electron chi connectivity index (χ4n) is 4.30. The molecule has 3 aromatic carbocycles. The van der Waals surface area contributed by atoms with E-state index in [1.165, 1.54) is 29.8 Å². The van der Waals surface area contributed by atoms with Crippen LogP contribution in [0.1, 0.15) is 29.7 Å². The Kier molecular flexibility index (Phi) is 8.13. The lowest BCUT2D eigenvalue weighted by atomic mass is 9.95. The van der Waals surface area contributed by atoms with Crippen molar-refractivity contribution in [3.8, 4) is 11.5 Å². The van der Waals surface area contributed by atoms with Crippen LogP contribution in [-0.4, -0.2) is 40.7 Å². The van der Waals surface area contributed by atoms with Crippen molar-refractivity contribution in [3.63, 3.8) is 0 Å². The number of aliphatic hydroxyl groups excluding tert-OH is 1. The zero-order valence-corrected chi connectivity index (χ0v) is 23.2. The molecule has 8 nitrogen and oxygen atoms in total. The Labute approximate surface area is 238 Å². The van der Waals surface area contributed by atoms with Crippen LogP contribution in [0.3, 0.4) is 0 Å². The maximum absolute atomic E-state index is 14.1. The summed E-state index contributed by atoms with van der Waals surface area (Å²) >= 11 is 2.38. The molecule has 2 heterocycles. The monoisotopic (exact) mass is 577 g/mol. The molecule has 0 saturated carbocycles. The number of ether oxygens (including phenoxy) is 2. The first-order valence-corrected chi connectivity index (χ1v) is 14.1. The van der Waals surface area contributed by atoms with Gasteiger partial charge in [0.1, 0.15) is 23.1 Å². The van der Waals surface area contributed by atoms with Gasteiger partial charge in [-0.15, -0.1) is 10.2 Å². The number of nitrogens with zero attached hydrogens (tertiary/aromatic N) is 3. The van der Waals surface area contributed by atoms with E-state index in [0.717, 1.165) is 11.3 Å². The summed E-state index contributed by atoms with van der Waals surface area (Å²) in [6, 6.07) is 19.0. The van der Waals surface area contributed by atoms with Gasteiger partial charge in [-0.2, -0.15) is 0 Å². The van der Waals surface area contributed by atoms with Crippen molar-refractivity contribution in [3.05, 3.63) is 101 Å². The van der Waals surface area contributed by atoms with Gasteiger partial charge in [-0.05, 0) is 60.5 Å². The van der Waals surface area contributed by atoms with Crippen LogP contribution in [0.15, 0.2) is 82.7 Å². The van der Waals surface area contributed by atoms with E-state index in [0.29, 0.717) is 44.9 Å². The fourth-order valence-corrected chi connectivity index (χ4v) is 6.16. The van der Waals surface area contributed by atoms with Crippen LogP contribution in [0.4, 0.5) is 9.52 Å². The number of anilines is 1. The first kappa shape index (κ1) is 27.4. The highest BCUT2D eigenvalue weighted by molar-refractivity contribution is 8.00. The van der Waals surface area contributed by atoms with E-state index < -0.39 is 17.7 Å². The molecule has 1 fully saturated rings. The number of ketones is 1. The first-order chi connectivity index (χ1) is 19.4. The van der Waals surface area contributed by atoms with Gasteiger partial charge in [0.2, 0.25) is 5.13 Å². The molecular weight excluding hydrogens is 553 g/mol. The van der Waals surface area contributed by atoms with E-state index in [4.69, 9.17) is 9.47 Å². The molecule has 1 aliphatic heterocycles. The third-order valence-corrected chi connectivity index (χ3v) is 8.31. The summed E-state index contributed by atoms with van der Waals surface area (Å²) in [5, 5.41) is 19.9. The molecule has 1 atom stereocenters. The predicted molar refractivity (Wildman–Crippen MR) is 151 cm³/mol. The van der Waals surface area contributed by atoms with Gasteiger partial charge >= 0.3 is 5.91 Å². The summed E-state index contributed by atoms with van der Waals surface area (Å²) in [5.74, 6) is -0.900. The number of amides is 1. The second-order valence-corrected chi connectivity index (χ2v) is 10.8. The van der Waals surface area contributed by atoms with Gasteiger partial charge in [-0.25, -0.2) is 4.39 Å². The molecule has 1 aliphatic rings. The van der Waals surface area contributed by atoms with Gasteiger partial charge in [0.25, 0.3) is 5.78 Å². The lowest BCUT2D eigenvalue weighted by Gasteiger charge is -2.23. The second kappa shape index (κ2) is 11.9. The zero-order valence-electron chi connectivity index (χ0n) is 21.5. The molecule has 204 valence electrons. The molecule has 4 aromatic rings. The topological polar surface area (TPSA) is 102 Å². The Hall–Kier alpha value is -4.22. The molecule has 1 aromatic heterocycles. The molecule has 1 unspecified atom stereocenters. The quantitative estimate of drug-likeness (QED) is 0.0850. The molecule has 5 rings (SSSR count). The number of hydrogen-bond acceptors (Lipinski definition) is 9. The van der Waals surface area contributed by atoms with E-state index in [1.54, 1.807) is 66.7 Å². The molecule has 1 N–H and O–H groups in total. The number of aliphatic hydroxyl groups is 1. The number of hydrogen-bond donors (Lipinski definition) is 1. The molecule has 0 spiro atoms. The van der Waals surface area contributed by atoms with Crippen LogP contribution in [-0.2, 0) is 15.3 Å². The molecule has 1 saturated heterocycles. The van der Waals surface area contributed by atoms with E-state index >= 15 is 0 Å². The second-order valence-electron chi connectivity index (χ2n) is 8.63. The van der Waals surface area contributed by atoms with E-state index in [1.807, 2.05) is 6.92 Å². The number of carbonyl (C=O) groups is 2.